The Morgan fingerprint density at radius 1 is 1.19 bits per heavy atom. The van der Waals surface area contributed by atoms with Crippen molar-refractivity contribution in [2.45, 2.75) is 11.4 Å². The van der Waals surface area contributed by atoms with Crippen LogP contribution in [0.5, 0.6) is 0 Å². The van der Waals surface area contributed by atoms with Crippen molar-refractivity contribution in [3.8, 4) is 0 Å². The summed E-state index contributed by atoms with van der Waals surface area (Å²) in [7, 11) is 0. The van der Waals surface area contributed by atoms with Crippen LogP contribution in [0.25, 0.3) is 0 Å². The number of thioether (sulfide) groups is 1. The van der Waals surface area contributed by atoms with Crippen LogP contribution in [0.3, 0.4) is 0 Å². The average molecular weight is 408 g/mol. The van der Waals surface area contributed by atoms with Crippen molar-refractivity contribution < 1.29 is 19.5 Å². The number of ketones is 1. The minimum Gasteiger partial charge on any atom is -0.480 e. The van der Waals surface area contributed by atoms with Gasteiger partial charge in [-0.1, -0.05) is 36.4 Å². The minimum atomic E-state index is -1.06. The normalized spacial score (nSPS) is 20.7. The molecule has 1 unspecified atom stereocenters. The fourth-order valence-corrected chi connectivity index (χ4v) is 5.59. The Morgan fingerprint density at radius 2 is 1.92 bits per heavy atom. The molecule has 1 aromatic carbocycles. The van der Waals surface area contributed by atoms with Gasteiger partial charge < -0.3 is 10.0 Å². The van der Waals surface area contributed by atoms with Crippen molar-refractivity contribution in [2.75, 3.05) is 11.5 Å². The summed E-state index contributed by atoms with van der Waals surface area (Å²) in [6, 6.07) is 11.3. The number of nitrogens with zero attached hydrogens (tertiary/aromatic N) is 1. The molecule has 1 N–H and O–H groups in total. The van der Waals surface area contributed by atoms with Crippen molar-refractivity contribution in [3.05, 3.63) is 58.3 Å². The molecule has 26 heavy (non-hydrogen) atoms. The van der Waals surface area contributed by atoms with Gasteiger partial charge in [0.25, 0.3) is 0 Å². The van der Waals surface area contributed by atoms with Crippen molar-refractivity contribution in [3.63, 3.8) is 0 Å². The maximum atomic E-state index is 13.2. The number of Topliss-reactive ketones (excluding diaryl/α,β-unsaturated/α-hetero) is 1. The van der Waals surface area contributed by atoms with Crippen molar-refractivity contribution >= 4 is 53.4 Å². The zero-order chi connectivity index (χ0) is 18.7. The van der Waals surface area contributed by atoms with Gasteiger partial charge in [0.05, 0.1) is 0 Å². The third-order valence-corrected chi connectivity index (χ3v) is 6.93. The van der Waals surface area contributed by atoms with Gasteiger partial charge in [0.2, 0.25) is 5.91 Å². The Bertz CT molecular complexity index is 794. The molecule has 8 heteroatoms. The Hall–Kier alpha value is -1.77. The van der Waals surface area contributed by atoms with Gasteiger partial charge in [-0.25, -0.2) is 4.79 Å². The molecule has 0 radical (unpaired) electrons. The van der Waals surface area contributed by atoms with E-state index in [0.29, 0.717) is 11.3 Å². The van der Waals surface area contributed by atoms with E-state index in [0.717, 1.165) is 4.88 Å². The third kappa shape index (κ3) is 3.67. The van der Waals surface area contributed by atoms with E-state index in [9.17, 15) is 19.5 Å². The van der Waals surface area contributed by atoms with Crippen LogP contribution in [-0.2, 0) is 9.59 Å². The number of rotatable bonds is 6. The summed E-state index contributed by atoms with van der Waals surface area (Å²) in [6.45, 7) is 0. The number of carbonyl (C=O) groups excluding carboxylic acids is 2. The highest BCUT2D eigenvalue weighted by Gasteiger charge is 2.45. The van der Waals surface area contributed by atoms with Crippen LogP contribution < -0.4 is 0 Å². The fraction of sp³-hybridized carbons (Fsp3) is 0.278. The van der Waals surface area contributed by atoms with E-state index < -0.39 is 29.2 Å². The van der Waals surface area contributed by atoms with Gasteiger partial charge in [-0.3, -0.25) is 9.59 Å². The molecule has 0 saturated carbocycles. The lowest BCUT2D eigenvalue weighted by molar-refractivity contribution is -0.150. The lowest BCUT2D eigenvalue weighted by Crippen LogP contribution is -2.47. The topological polar surface area (TPSA) is 74.7 Å². The lowest BCUT2D eigenvalue weighted by atomic mass is 9.97. The van der Waals surface area contributed by atoms with E-state index in [1.54, 1.807) is 30.3 Å². The fourth-order valence-electron chi connectivity index (χ4n) is 2.87. The number of carboxylic acids is 1. The van der Waals surface area contributed by atoms with Gasteiger partial charge in [-0.15, -0.1) is 23.1 Å². The Kier molecular flexibility index (Phi) is 6.05. The second-order valence-electron chi connectivity index (χ2n) is 5.77. The predicted molar refractivity (Wildman–Crippen MR) is 106 cm³/mol. The summed E-state index contributed by atoms with van der Waals surface area (Å²) < 4.78 is 0. The second kappa shape index (κ2) is 8.28. The van der Waals surface area contributed by atoms with E-state index in [4.69, 9.17) is 0 Å². The molecule has 0 aliphatic carbocycles. The molecule has 1 saturated heterocycles. The lowest BCUT2D eigenvalue weighted by Gasteiger charge is -2.29. The number of aliphatic carboxylic acids is 1. The summed E-state index contributed by atoms with van der Waals surface area (Å²) in [6.07, 6.45) is 0. The van der Waals surface area contributed by atoms with Crippen LogP contribution in [0.4, 0.5) is 0 Å². The summed E-state index contributed by atoms with van der Waals surface area (Å²) >= 11 is 7.08. The quantitative estimate of drug-likeness (QED) is 0.437. The highest BCUT2D eigenvalue weighted by molar-refractivity contribution is 7.99. The van der Waals surface area contributed by atoms with E-state index in [1.807, 2.05) is 17.5 Å². The van der Waals surface area contributed by atoms with Gasteiger partial charge in [0.1, 0.15) is 17.3 Å². The molecule has 1 aromatic heterocycles. The first-order valence-electron chi connectivity index (χ1n) is 7.94. The van der Waals surface area contributed by atoms with Gasteiger partial charge in [0, 0.05) is 21.9 Å². The molecule has 2 aromatic rings. The highest BCUT2D eigenvalue weighted by atomic mass is 32.2. The van der Waals surface area contributed by atoms with Gasteiger partial charge >= 0.3 is 5.97 Å². The van der Waals surface area contributed by atoms with Crippen LogP contribution in [0.15, 0.2) is 47.8 Å². The van der Waals surface area contributed by atoms with Gasteiger partial charge in [-0.2, -0.15) is 12.6 Å². The summed E-state index contributed by atoms with van der Waals surface area (Å²) in [5.74, 6) is -2.57. The molecule has 3 atom stereocenters. The molecule has 1 aliphatic heterocycles. The first-order valence-corrected chi connectivity index (χ1v) is 10.5. The molecule has 1 fully saturated rings. The minimum absolute atomic E-state index is 0.0250. The smallest absolute Gasteiger partial charge is 0.327 e. The first kappa shape index (κ1) is 19.0. The standard InChI is InChI=1S/C18H17NO4S3/c20-15(11-5-2-1-3-6-11)12(9-24)16(21)19-13(18(22)23)10-26-17(19)14-7-4-8-25-14/h1-8,12-13,17,24H,9-10H2,(H,22,23)/t12-,13-,17?/m0/s1. The van der Waals surface area contributed by atoms with Gasteiger partial charge in [-0.05, 0) is 11.4 Å². The van der Waals surface area contributed by atoms with E-state index in [-0.39, 0.29) is 11.5 Å². The number of benzene rings is 1. The Morgan fingerprint density at radius 3 is 2.50 bits per heavy atom. The zero-order valence-electron chi connectivity index (χ0n) is 13.6. The number of carbonyl (C=O) groups is 3. The van der Waals surface area contributed by atoms with Crippen LogP contribution in [-0.4, -0.2) is 45.2 Å². The maximum Gasteiger partial charge on any atom is 0.327 e. The number of thiophene rings is 1. The second-order valence-corrected chi connectivity index (χ2v) is 8.22. The van der Waals surface area contributed by atoms with Crippen molar-refractivity contribution in [1.29, 1.82) is 0 Å². The average Bonchev–Trinajstić information content (AvgIpc) is 3.32. The summed E-state index contributed by atoms with van der Waals surface area (Å²) in [5.41, 5.74) is 0.422. The molecular weight excluding hydrogens is 390 g/mol. The number of thiol groups is 1. The molecule has 1 amide bonds. The number of hydrogen-bond acceptors (Lipinski definition) is 6. The van der Waals surface area contributed by atoms with E-state index in [2.05, 4.69) is 12.6 Å². The third-order valence-electron chi connectivity index (χ3n) is 4.18. The Balaban J connectivity index is 1.92. The van der Waals surface area contributed by atoms with Crippen molar-refractivity contribution in [2.24, 2.45) is 5.92 Å². The van der Waals surface area contributed by atoms with E-state index in [1.165, 1.54) is 28.0 Å². The molecule has 0 spiro atoms. The van der Waals surface area contributed by atoms with Crippen molar-refractivity contribution in [1.82, 2.24) is 4.90 Å². The molecule has 5 nitrogen and oxygen atoms in total. The SMILES string of the molecule is O=C(c1ccccc1)[C@H](CS)C(=O)N1C(c2cccs2)SC[C@H]1C(=O)O. The molecule has 1 aliphatic rings. The van der Waals surface area contributed by atoms with Crippen LogP contribution in [0.1, 0.15) is 20.6 Å². The molecule has 3 rings (SSSR count). The summed E-state index contributed by atoms with van der Waals surface area (Å²) in [4.78, 5) is 39.9. The monoisotopic (exact) mass is 407 g/mol. The van der Waals surface area contributed by atoms with Crippen LogP contribution >= 0.6 is 35.7 Å². The summed E-state index contributed by atoms with van der Waals surface area (Å²) in [5, 5.41) is 11.0. The molecule has 0 bridgehead atoms. The number of amides is 1. The molecule has 2 heterocycles. The molecule has 136 valence electrons. The van der Waals surface area contributed by atoms with Crippen LogP contribution in [0.2, 0.25) is 0 Å². The van der Waals surface area contributed by atoms with E-state index >= 15 is 0 Å². The van der Waals surface area contributed by atoms with Crippen LogP contribution in [0, 0.1) is 5.92 Å². The zero-order valence-corrected chi connectivity index (χ0v) is 16.2. The number of hydrogen-bond donors (Lipinski definition) is 2. The maximum absolute atomic E-state index is 13.2. The number of carboxylic acid groups (broad SMARTS) is 1. The predicted octanol–water partition coefficient (Wildman–Crippen LogP) is 3.20. The Labute approximate surface area is 164 Å². The highest BCUT2D eigenvalue weighted by Crippen LogP contribution is 2.44. The first-order chi connectivity index (χ1) is 12.5. The molecular formula is C18H17NO4S3. The largest absolute Gasteiger partial charge is 0.480 e. The van der Waals surface area contributed by atoms with Gasteiger partial charge in [0.15, 0.2) is 5.78 Å².